The van der Waals surface area contributed by atoms with Crippen LogP contribution in [0.3, 0.4) is 0 Å². The zero-order chi connectivity index (χ0) is 23.1. The normalized spacial score (nSPS) is 27.5. The smallest absolute Gasteiger partial charge is 0.317 e. The molecule has 0 amide bonds. The molecule has 0 spiro atoms. The van der Waals surface area contributed by atoms with E-state index in [1.54, 1.807) is 65.8 Å². The van der Waals surface area contributed by atoms with Crippen LogP contribution in [0.2, 0.25) is 0 Å². The second kappa shape index (κ2) is 8.42. The number of hydrogen-bond acceptors (Lipinski definition) is 6. The van der Waals surface area contributed by atoms with Crippen molar-refractivity contribution >= 4 is 33.7 Å². The Morgan fingerprint density at radius 3 is 1.93 bits per heavy atom. The van der Waals surface area contributed by atoms with Crippen LogP contribution in [-0.4, -0.2) is 39.6 Å². The lowest BCUT2D eigenvalue weighted by Crippen LogP contribution is -2.56. The Morgan fingerprint density at radius 1 is 1.00 bits per heavy atom. The van der Waals surface area contributed by atoms with Gasteiger partial charge in [0.05, 0.1) is 11.5 Å². The first-order valence-electron chi connectivity index (χ1n) is 9.98. The van der Waals surface area contributed by atoms with E-state index in [4.69, 9.17) is 9.47 Å². The summed E-state index contributed by atoms with van der Waals surface area (Å²) in [5, 5.41) is 11.1. The van der Waals surface area contributed by atoms with E-state index >= 15 is 0 Å². The van der Waals surface area contributed by atoms with Crippen LogP contribution in [0.1, 0.15) is 66.4 Å². The van der Waals surface area contributed by atoms with E-state index in [-0.39, 0.29) is 6.42 Å². The van der Waals surface area contributed by atoms with Gasteiger partial charge in [0.1, 0.15) is 17.1 Å². The van der Waals surface area contributed by atoms with Crippen LogP contribution in [0.15, 0.2) is 28.7 Å². The maximum Gasteiger partial charge on any atom is 0.317 e. The number of ether oxygens (including phenoxy) is 2. The fourth-order valence-corrected chi connectivity index (χ4v) is 4.10. The summed E-state index contributed by atoms with van der Waals surface area (Å²) in [6.45, 7) is 11.8. The Bertz CT molecular complexity index is 814. The molecule has 1 aliphatic rings. The number of benzene rings is 1. The molecule has 1 saturated carbocycles. The molecule has 0 saturated heterocycles. The van der Waals surface area contributed by atoms with Crippen LogP contribution >= 0.6 is 15.9 Å². The number of halogens is 1. The van der Waals surface area contributed by atoms with Crippen molar-refractivity contribution in [3.8, 4) is 0 Å². The summed E-state index contributed by atoms with van der Waals surface area (Å²) >= 11 is 3.37. The van der Waals surface area contributed by atoms with Gasteiger partial charge in [-0.25, -0.2) is 0 Å². The average molecular weight is 483 g/mol. The van der Waals surface area contributed by atoms with Crippen LogP contribution in [0.25, 0.3) is 0 Å². The zero-order valence-corrected chi connectivity index (χ0v) is 20.2. The Hall–Kier alpha value is -1.73. The Labute approximate surface area is 186 Å². The summed E-state index contributed by atoms with van der Waals surface area (Å²) in [5.74, 6) is -5.07. The molecule has 1 aromatic carbocycles. The highest BCUT2D eigenvalue weighted by molar-refractivity contribution is 9.10. The first kappa shape index (κ1) is 24.5. The first-order chi connectivity index (χ1) is 13.5. The molecule has 0 bridgehead atoms. The minimum absolute atomic E-state index is 0.339. The monoisotopic (exact) mass is 482 g/mol. The predicted octanol–water partition coefficient (Wildman–Crippen LogP) is 4.17. The van der Waals surface area contributed by atoms with Gasteiger partial charge in [0.25, 0.3) is 0 Å². The molecule has 7 heteroatoms. The van der Waals surface area contributed by atoms with Crippen molar-refractivity contribution in [1.29, 1.82) is 0 Å². The molecule has 0 aromatic heterocycles. The minimum Gasteiger partial charge on any atom is -0.460 e. The van der Waals surface area contributed by atoms with Crippen molar-refractivity contribution in [3.05, 3.63) is 34.3 Å². The van der Waals surface area contributed by atoms with Gasteiger partial charge in [-0.1, -0.05) is 28.1 Å². The number of rotatable bonds is 3. The molecule has 166 valence electrons. The van der Waals surface area contributed by atoms with Gasteiger partial charge in [0, 0.05) is 16.8 Å². The lowest BCUT2D eigenvalue weighted by Gasteiger charge is -2.44. The summed E-state index contributed by atoms with van der Waals surface area (Å²) in [6, 6.07) is 7.00. The first-order valence-corrected chi connectivity index (χ1v) is 10.8. The fraction of sp³-hybridized carbons (Fsp3) is 0.609. The van der Waals surface area contributed by atoms with Gasteiger partial charge in [0.2, 0.25) is 0 Å². The van der Waals surface area contributed by atoms with Crippen molar-refractivity contribution in [3.63, 3.8) is 0 Å². The third-order valence-electron chi connectivity index (χ3n) is 4.84. The van der Waals surface area contributed by atoms with Crippen molar-refractivity contribution in [2.45, 2.75) is 77.6 Å². The maximum absolute atomic E-state index is 13.2. The van der Waals surface area contributed by atoms with E-state index < -0.39 is 52.3 Å². The molecular weight excluding hydrogens is 452 g/mol. The van der Waals surface area contributed by atoms with E-state index in [1.807, 2.05) is 0 Å². The minimum atomic E-state index is -1.67. The van der Waals surface area contributed by atoms with E-state index in [0.717, 1.165) is 4.47 Å². The summed E-state index contributed by atoms with van der Waals surface area (Å²) < 4.78 is 11.9. The summed E-state index contributed by atoms with van der Waals surface area (Å²) in [6.07, 6.45) is -0.339. The average Bonchev–Trinajstić information content (AvgIpc) is 2.50. The number of aliphatic hydroxyl groups is 1. The third-order valence-corrected chi connectivity index (χ3v) is 5.37. The molecule has 0 heterocycles. The number of carbonyl (C=O) groups is 3. The van der Waals surface area contributed by atoms with E-state index in [0.29, 0.717) is 5.56 Å². The number of carbonyl (C=O) groups excluding carboxylic acids is 3. The molecule has 1 fully saturated rings. The number of Topliss-reactive ketones (excluding diaryl/α,β-unsaturated/α-hetero) is 1. The Kier molecular flexibility index (Phi) is 6.89. The quantitative estimate of drug-likeness (QED) is 0.513. The molecule has 0 radical (unpaired) electrons. The van der Waals surface area contributed by atoms with Crippen LogP contribution in [-0.2, 0) is 23.9 Å². The standard InChI is InChI=1S/C23H31BrO6/c1-21(2,3)29-19(26)17-15(25)12-23(7,28)18(20(27)30-22(4,5)6)16(17)13-8-10-14(24)11-9-13/h8-11,16-18,28H,12H2,1-7H3/t16-,17+,18-,23-/m0/s1. The lowest BCUT2D eigenvalue weighted by atomic mass is 9.61. The van der Waals surface area contributed by atoms with Crippen LogP contribution in [0.4, 0.5) is 0 Å². The molecule has 0 aliphatic heterocycles. The summed E-state index contributed by atoms with van der Waals surface area (Å²) in [7, 11) is 0. The number of ketones is 1. The molecule has 6 nitrogen and oxygen atoms in total. The Balaban J connectivity index is 2.62. The molecule has 2 rings (SSSR count). The summed E-state index contributed by atoms with van der Waals surface area (Å²) in [5.41, 5.74) is -2.68. The van der Waals surface area contributed by atoms with Gasteiger partial charge >= 0.3 is 11.9 Å². The van der Waals surface area contributed by atoms with Gasteiger partial charge in [-0.3, -0.25) is 14.4 Å². The molecule has 1 aliphatic carbocycles. The Morgan fingerprint density at radius 2 is 1.47 bits per heavy atom. The van der Waals surface area contributed by atoms with Crippen molar-refractivity contribution < 1.29 is 29.0 Å². The summed E-state index contributed by atoms with van der Waals surface area (Å²) in [4.78, 5) is 39.3. The number of esters is 2. The zero-order valence-electron chi connectivity index (χ0n) is 18.6. The molecule has 30 heavy (non-hydrogen) atoms. The molecule has 4 atom stereocenters. The van der Waals surface area contributed by atoms with E-state index in [9.17, 15) is 19.5 Å². The van der Waals surface area contributed by atoms with Gasteiger partial charge in [0.15, 0.2) is 5.78 Å². The van der Waals surface area contributed by atoms with Crippen molar-refractivity contribution in [2.24, 2.45) is 11.8 Å². The largest absolute Gasteiger partial charge is 0.460 e. The van der Waals surface area contributed by atoms with Crippen LogP contribution in [0.5, 0.6) is 0 Å². The highest BCUT2D eigenvalue weighted by Crippen LogP contribution is 2.47. The van der Waals surface area contributed by atoms with Gasteiger partial charge in [-0.05, 0) is 66.2 Å². The highest BCUT2D eigenvalue weighted by Gasteiger charge is 2.57. The second-order valence-electron chi connectivity index (χ2n) is 10.1. The second-order valence-corrected chi connectivity index (χ2v) is 11.0. The molecule has 1 aromatic rings. The van der Waals surface area contributed by atoms with Gasteiger partial charge in [-0.2, -0.15) is 0 Å². The lowest BCUT2D eigenvalue weighted by molar-refractivity contribution is -0.182. The van der Waals surface area contributed by atoms with Crippen LogP contribution < -0.4 is 0 Å². The predicted molar refractivity (Wildman–Crippen MR) is 116 cm³/mol. The third kappa shape index (κ3) is 5.91. The number of hydrogen-bond donors (Lipinski definition) is 1. The van der Waals surface area contributed by atoms with Gasteiger partial charge < -0.3 is 14.6 Å². The highest BCUT2D eigenvalue weighted by atomic mass is 79.9. The van der Waals surface area contributed by atoms with Crippen molar-refractivity contribution in [2.75, 3.05) is 0 Å². The topological polar surface area (TPSA) is 89.9 Å². The molecule has 1 N–H and O–H groups in total. The molecule has 0 unspecified atom stereocenters. The van der Waals surface area contributed by atoms with E-state index in [2.05, 4.69) is 15.9 Å². The fourth-order valence-electron chi connectivity index (χ4n) is 3.83. The van der Waals surface area contributed by atoms with Crippen molar-refractivity contribution in [1.82, 2.24) is 0 Å². The maximum atomic E-state index is 13.2. The van der Waals surface area contributed by atoms with Gasteiger partial charge in [-0.15, -0.1) is 0 Å². The van der Waals surface area contributed by atoms with Crippen LogP contribution in [0, 0.1) is 11.8 Å². The molecular formula is C23H31BrO6. The van der Waals surface area contributed by atoms with E-state index in [1.165, 1.54) is 6.92 Å². The SMILES string of the molecule is CC(C)(C)OC(=O)[C@@H]1C(=O)C[C@](C)(O)[C@H](C(=O)OC(C)(C)C)[C@H]1c1ccc(Br)cc1.